The smallest absolute Gasteiger partial charge is 0.253 e. The lowest BCUT2D eigenvalue weighted by molar-refractivity contribution is 0.0954. The Bertz CT molecular complexity index is 1010. The molecule has 0 aliphatic carbocycles. The lowest BCUT2D eigenvalue weighted by Crippen LogP contribution is -2.26. The number of nitrogens with one attached hydrogen (secondary N) is 1. The van der Waals surface area contributed by atoms with Crippen LogP contribution in [0.5, 0.6) is 0 Å². The van der Waals surface area contributed by atoms with Crippen LogP contribution in [0.4, 0.5) is 0 Å². The van der Waals surface area contributed by atoms with Gasteiger partial charge >= 0.3 is 0 Å². The second-order valence-corrected chi connectivity index (χ2v) is 6.09. The van der Waals surface area contributed by atoms with Crippen LogP contribution < -0.4 is 5.32 Å². The number of hydrogen-bond acceptors (Lipinski definition) is 3. The largest absolute Gasteiger partial charge is 0.352 e. The Morgan fingerprint density at radius 1 is 0.852 bits per heavy atom. The van der Waals surface area contributed by atoms with Gasteiger partial charge in [-0.25, -0.2) is 9.36 Å². The predicted octanol–water partition coefficient (Wildman–Crippen LogP) is 3.03. The zero-order chi connectivity index (χ0) is 18.5. The van der Waals surface area contributed by atoms with E-state index < -0.39 is 0 Å². The highest BCUT2D eigenvalue weighted by Gasteiger charge is 2.12. The van der Waals surface area contributed by atoms with Crippen LogP contribution in [0.15, 0.2) is 85.5 Å². The fraction of sp³-hybridized carbons (Fsp3) is 0.0952. The first-order valence-corrected chi connectivity index (χ1v) is 8.77. The highest BCUT2D eigenvalue weighted by atomic mass is 16.1. The quantitative estimate of drug-likeness (QED) is 0.577. The molecular weight excluding hydrogens is 338 g/mol. The van der Waals surface area contributed by atoms with Gasteiger partial charge in [0.05, 0.1) is 16.9 Å². The number of carbonyl (C=O) groups excluding carboxylic acids is 1. The Morgan fingerprint density at radius 3 is 2.26 bits per heavy atom. The molecule has 0 spiro atoms. The molecule has 0 saturated heterocycles. The van der Waals surface area contributed by atoms with E-state index in [2.05, 4.69) is 27.6 Å². The monoisotopic (exact) mass is 357 g/mol. The lowest BCUT2D eigenvalue weighted by Gasteiger charge is -2.10. The lowest BCUT2D eigenvalue weighted by atomic mass is 10.1. The van der Waals surface area contributed by atoms with E-state index in [-0.39, 0.29) is 5.91 Å². The van der Waals surface area contributed by atoms with Crippen molar-refractivity contribution in [3.05, 3.63) is 96.6 Å². The molecule has 2 aromatic heterocycles. The van der Waals surface area contributed by atoms with E-state index in [4.69, 9.17) is 0 Å². The SMILES string of the molecule is O=C(NCCc1ccc(-n2cccn2)cc1)c1ccccc1-n1cccn1. The van der Waals surface area contributed by atoms with Gasteiger partial charge in [-0.3, -0.25) is 4.79 Å². The van der Waals surface area contributed by atoms with Crippen molar-refractivity contribution in [2.45, 2.75) is 6.42 Å². The van der Waals surface area contributed by atoms with Crippen molar-refractivity contribution < 1.29 is 4.79 Å². The van der Waals surface area contributed by atoms with Crippen LogP contribution >= 0.6 is 0 Å². The molecule has 0 aliphatic rings. The molecule has 0 radical (unpaired) electrons. The normalized spacial score (nSPS) is 10.7. The summed E-state index contributed by atoms with van der Waals surface area (Å²) in [5, 5.41) is 11.4. The molecular formula is C21H19N5O. The van der Waals surface area contributed by atoms with Crippen molar-refractivity contribution in [1.82, 2.24) is 24.9 Å². The number of amides is 1. The van der Waals surface area contributed by atoms with Gasteiger partial charge in [-0.05, 0) is 48.4 Å². The number of para-hydroxylation sites is 1. The van der Waals surface area contributed by atoms with Crippen molar-refractivity contribution in [2.75, 3.05) is 6.54 Å². The Labute approximate surface area is 157 Å². The van der Waals surface area contributed by atoms with Crippen molar-refractivity contribution in [3.8, 4) is 11.4 Å². The first-order chi connectivity index (χ1) is 13.3. The van der Waals surface area contributed by atoms with Gasteiger partial charge in [0.2, 0.25) is 0 Å². The molecule has 0 aliphatic heterocycles. The fourth-order valence-corrected chi connectivity index (χ4v) is 2.93. The van der Waals surface area contributed by atoms with E-state index in [1.807, 2.05) is 65.6 Å². The van der Waals surface area contributed by atoms with Crippen LogP contribution in [-0.2, 0) is 6.42 Å². The predicted molar refractivity (Wildman–Crippen MR) is 103 cm³/mol. The van der Waals surface area contributed by atoms with E-state index in [0.717, 1.165) is 23.4 Å². The summed E-state index contributed by atoms with van der Waals surface area (Å²) in [6.07, 6.45) is 7.95. The molecule has 0 unspecified atom stereocenters. The minimum absolute atomic E-state index is 0.103. The third-order valence-corrected chi connectivity index (χ3v) is 4.30. The third-order valence-electron chi connectivity index (χ3n) is 4.30. The molecule has 134 valence electrons. The highest BCUT2D eigenvalue weighted by Crippen LogP contribution is 2.13. The van der Waals surface area contributed by atoms with Gasteiger partial charge in [0.25, 0.3) is 5.91 Å². The molecule has 0 atom stereocenters. The molecule has 2 heterocycles. The Kier molecular flexibility index (Phi) is 4.78. The Balaban J connectivity index is 1.38. The maximum Gasteiger partial charge on any atom is 0.253 e. The number of nitrogens with zero attached hydrogens (tertiary/aromatic N) is 4. The molecule has 6 nitrogen and oxygen atoms in total. The second kappa shape index (κ2) is 7.70. The van der Waals surface area contributed by atoms with Gasteiger partial charge in [-0.1, -0.05) is 24.3 Å². The number of carbonyl (C=O) groups is 1. The third kappa shape index (κ3) is 3.79. The molecule has 0 bridgehead atoms. The van der Waals surface area contributed by atoms with Gasteiger partial charge in [-0.15, -0.1) is 0 Å². The van der Waals surface area contributed by atoms with Crippen molar-refractivity contribution in [3.63, 3.8) is 0 Å². The molecule has 6 heteroatoms. The summed E-state index contributed by atoms with van der Waals surface area (Å²) in [6, 6.07) is 19.3. The standard InChI is InChI=1S/C21H19N5O/c27-21(19-5-1-2-6-20(19)26-16-4-13-24-26)22-14-11-17-7-9-18(10-8-17)25-15-3-12-23-25/h1-10,12-13,15-16H,11,14H2,(H,22,27). The minimum Gasteiger partial charge on any atom is -0.352 e. The van der Waals surface area contributed by atoms with Crippen LogP contribution in [0, 0.1) is 0 Å². The zero-order valence-electron chi connectivity index (χ0n) is 14.7. The van der Waals surface area contributed by atoms with Crippen molar-refractivity contribution in [1.29, 1.82) is 0 Å². The summed E-state index contributed by atoms with van der Waals surface area (Å²) in [5.41, 5.74) is 3.55. The van der Waals surface area contributed by atoms with E-state index in [0.29, 0.717) is 12.1 Å². The van der Waals surface area contributed by atoms with Gasteiger partial charge in [0.1, 0.15) is 0 Å². The molecule has 0 saturated carbocycles. The van der Waals surface area contributed by atoms with E-state index in [1.54, 1.807) is 17.1 Å². The van der Waals surface area contributed by atoms with E-state index >= 15 is 0 Å². The van der Waals surface area contributed by atoms with Crippen LogP contribution in [0.3, 0.4) is 0 Å². The molecule has 1 amide bonds. The maximum atomic E-state index is 12.6. The summed E-state index contributed by atoms with van der Waals surface area (Å²) in [6.45, 7) is 0.563. The number of rotatable bonds is 6. The van der Waals surface area contributed by atoms with Gasteiger partial charge < -0.3 is 5.32 Å². The van der Waals surface area contributed by atoms with Crippen LogP contribution in [0.25, 0.3) is 11.4 Å². The Hall–Kier alpha value is -3.67. The topological polar surface area (TPSA) is 64.7 Å². The summed E-state index contributed by atoms with van der Waals surface area (Å²) < 4.78 is 3.51. The van der Waals surface area contributed by atoms with Crippen molar-refractivity contribution in [2.24, 2.45) is 0 Å². The van der Waals surface area contributed by atoms with Crippen LogP contribution in [-0.4, -0.2) is 32.0 Å². The maximum absolute atomic E-state index is 12.6. The Morgan fingerprint density at radius 2 is 1.56 bits per heavy atom. The number of aromatic nitrogens is 4. The summed E-state index contributed by atoms with van der Waals surface area (Å²) in [5.74, 6) is -0.103. The summed E-state index contributed by atoms with van der Waals surface area (Å²) >= 11 is 0. The highest BCUT2D eigenvalue weighted by molar-refractivity contribution is 5.97. The van der Waals surface area contributed by atoms with E-state index in [9.17, 15) is 4.79 Å². The van der Waals surface area contributed by atoms with Gasteiger partial charge in [-0.2, -0.15) is 10.2 Å². The summed E-state index contributed by atoms with van der Waals surface area (Å²) in [4.78, 5) is 12.6. The van der Waals surface area contributed by atoms with Crippen molar-refractivity contribution >= 4 is 5.91 Å². The van der Waals surface area contributed by atoms with Gasteiger partial charge in [0.15, 0.2) is 0 Å². The molecule has 0 fully saturated rings. The fourth-order valence-electron chi connectivity index (χ4n) is 2.93. The van der Waals surface area contributed by atoms with Crippen LogP contribution in [0.1, 0.15) is 15.9 Å². The average Bonchev–Trinajstić information content (AvgIpc) is 3.42. The van der Waals surface area contributed by atoms with Crippen LogP contribution in [0.2, 0.25) is 0 Å². The number of benzene rings is 2. The molecule has 4 aromatic rings. The zero-order valence-corrected chi connectivity index (χ0v) is 14.7. The molecule has 2 aromatic carbocycles. The molecule has 1 N–H and O–H groups in total. The first-order valence-electron chi connectivity index (χ1n) is 8.77. The van der Waals surface area contributed by atoms with Gasteiger partial charge in [0, 0.05) is 31.3 Å². The average molecular weight is 357 g/mol. The summed E-state index contributed by atoms with van der Waals surface area (Å²) in [7, 11) is 0. The minimum atomic E-state index is -0.103. The number of hydrogen-bond donors (Lipinski definition) is 1. The van der Waals surface area contributed by atoms with E-state index in [1.165, 1.54) is 0 Å². The second-order valence-electron chi connectivity index (χ2n) is 6.09. The molecule has 4 rings (SSSR count). The molecule has 27 heavy (non-hydrogen) atoms. The first kappa shape index (κ1) is 16.8.